The van der Waals surface area contributed by atoms with E-state index in [1.807, 2.05) is 42.6 Å². The minimum atomic E-state index is -0.286. The van der Waals surface area contributed by atoms with Gasteiger partial charge in [0.25, 0.3) is 5.56 Å². The van der Waals surface area contributed by atoms with Crippen LogP contribution in [0.3, 0.4) is 0 Å². The SMILES string of the molecule is Cn1c(=O)c2ccccc2n2c(COC(=O)CCCc3c[nH]c4ccccc34)nnc12. The Morgan fingerprint density at radius 2 is 1.84 bits per heavy atom. The fourth-order valence-corrected chi connectivity index (χ4v) is 3.96. The van der Waals surface area contributed by atoms with Crippen LogP contribution in [0, 0.1) is 0 Å². The van der Waals surface area contributed by atoms with Gasteiger partial charge in [-0.15, -0.1) is 10.2 Å². The van der Waals surface area contributed by atoms with Crippen molar-refractivity contribution in [1.29, 1.82) is 0 Å². The number of benzene rings is 2. The second-order valence-corrected chi connectivity index (χ2v) is 7.51. The summed E-state index contributed by atoms with van der Waals surface area (Å²) in [5.41, 5.74) is 2.84. The molecule has 5 aromatic rings. The third kappa shape index (κ3) is 3.35. The molecular formula is C23H21N5O3. The lowest BCUT2D eigenvalue weighted by Crippen LogP contribution is -2.20. The van der Waals surface area contributed by atoms with Gasteiger partial charge in [0, 0.05) is 30.6 Å². The van der Waals surface area contributed by atoms with Gasteiger partial charge in [-0.1, -0.05) is 30.3 Å². The topological polar surface area (TPSA) is 94.3 Å². The quantitative estimate of drug-likeness (QED) is 0.430. The number of hydrogen-bond acceptors (Lipinski definition) is 5. The fraction of sp³-hybridized carbons (Fsp3) is 0.217. The van der Waals surface area contributed by atoms with Crippen LogP contribution in [0.25, 0.3) is 27.6 Å². The first-order valence-electron chi connectivity index (χ1n) is 10.2. The Kier molecular flexibility index (Phi) is 4.74. The molecule has 0 bridgehead atoms. The molecule has 3 heterocycles. The van der Waals surface area contributed by atoms with Crippen LogP contribution >= 0.6 is 0 Å². The van der Waals surface area contributed by atoms with Crippen LogP contribution in [-0.2, 0) is 29.6 Å². The maximum absolute atomic E-state index is 12.5. The molecule has 5 rings (SSSR count). The van der Waals surface area contributed by atoms with E-state index in [0.29, 0.717) is 35.3 Å². The van der Waals surface area contributed by atoms with Gasteiger partial charge in [-0.05, 0) is 36.6 Å². The van der Waals surface area contributed by atoms with E-state index in [2.05, 4.69) is 21.2 Å². The molecular weight excluding hydrogens is 394 g/mol. The number of aryl methyl sites for hydroxylation is 2. The number of nitrogens with one attached hydrogen (secondary N) is 1. The lowest BCUT2D eigenvalue weighted by molar-refractivity contribution is -0.145. The van der Waals surface area contributed by atoms with Crippen molar-refractivity contribution in [3.63, 3.8) is 0 Å². The lowest BCUT2D eigenvalue weighted by atomic mass is 10.1. The van der Waals surface area contributed by atoms with Gasteiger partial charge in [-0.25, -0.2) is 0 Å². The maximum Gasteiger partial charge on any atom is 0.306 e. The number of hydrogen-bond donors (Lipinski definition) is 1. The Bertz CT molecular complexity index is 1480. The molecule has 0 aliphatic rings. The predicted molar refractivity (Wildman–Crippen MR) is 117 cm³/mol. The molecule has 0 fully saturated rings. The van der Waals surface area contributed by atoms with E-state index in [4.69, 9.17) is 4.74 Å². The van der Waals surface area contributed by atoms with Crippen LogP contribution in [0.15, 0.2) is 59.5 Å². The standard InChI is InChI=1S/C23H21N5O3/c1-27-22(30)17-9-3-5-11-19(17)28-20(25-26-23(27)28)14-31-21(29)12-6-7-15-13-24-18-10-4-2-8-16(15)18/h2-5,8-11,13,24H,6-7,12,14H2,1H3. The molecule has 31 heavy (non-hydrogen) atoms. The smallest absolute Gasteiger partial charge is 0.306 e. The molecule has 0 amide bonds. The molecule has 0 radical (unpaired) electrons. The Morgan fingerprint density at radius 3 is 2.71 bits per heavy atom. The van der Waals surface area contributed by atoms with Gasteiger partial charge in [0.05, 0.1) is 10.9 Å². The summed E-state index contributed by atoms with van der Waals surface area (Å²) in [6.07, 6.45) is 3.79. The Balaban J connectivity index is 1.28. The first-order valence-corrected chi connectivity index (χ1v) is 10.2. The first kappa shape index (κ1) is 19.0. The van der Waals surface area contributed by atoms with E-state index in [1.54, 1.807) is 17.5 Å². The van der Waals surface area contributed by atoms with Crippen molar-refractivity contribution in [3.8, 4) is 0 Å². The third-order valence-electron chi connectivity index (χ3n) is 5.56. The lowest BCUT2D eigenvalue weighted by Gasteiger charge is -2.08. The number of carbonyl (C=O) groups excluding carboxylic acids is 1. The molecule has 3 aromatic heterocycles. The van der Waals surface area contributed by atoms with Crippen LogP contribution < -0.4 is 5.56 Å². The highest BCUT2D eigenvalue weighted by atomic mass is 16.5. The van der Waals surface area contributed by atoms with E-state index in [0.717, 1.165) is 11.9 Å². The van der Waals surface area contributed by atoms with Crippen molar-refractivity contribution < 1.29 is 9.53 Å². The van der Waals surface area contributed by atoms with E-state index >= 15 is 0 Å². The van der Waals surface area contributed by atoms with Crippen molar-refractivity contribution in [1.82, 2.24) is 24.1 Å². The van der Waals surface area contributed by atoms with Gasteiger partial charge >= 0.3 is 5.97 Å². The van der Waals surface area contributed by atoms with Crippen molar-refractivity contribution in [2.45, 2.75) is 25.9 Å². The van der Waals surface area contributed by atoms with E-state index in [1.165, 1.54) is 15.5 Å². The predicted octanol–water partition coefficient (Wildman–Crippen LogP) is 3.13. The number of aromatic amines is 1. The number of rotatable bonds is 6. The average Bonchev–Trinajstić information content (AvgIpc) is 3.41. The second kappa shape index (κ2) is 7.71. The largest absolute Gasteiger partial charge is 0.457 e. The van der Waals surface area contributed by atoms with Gasteiger partial charge in [0.15, 0.2) is 12.4 Å². The summed E-state index contributed by atoms with van der Waals surface area (Å²) in [5, 5.41) is 10.0. The molecule has 0 unspecified atom stereocenters. The zero-order valence-electron chi connectivity index (χ0n) is 17.0. The average molecular weight is 415 g/mol. The fourth-order valence-electron chi connectivity index (χ4n) is 3.96. The molecule has 0 aliphatic heterocycles. The molecule has 0 atom stereocenters. The number of carbonyl (C=O) groups is 1. The summed E-state index contributed by atoms with van der Waals surface area (Å²) in [5.74, 6) is 0.603. The number of nitrogens with zero attached hydrogens (tertiary/aromatic N) is 4. The summed E-state index contributed by atoms with van der Waals surface area (Å²) < 4.78 is 8.67. The van der Waals surface area contributed by atoms with Crippen molar-refractivity contribution in [2.75, 3.05) is 0 Å². The van der Waals surface area contributed by atoms with Crippen LogP contribution in [0.4, 0.5) is 0 Å². The zero-order chi connectivity index (χ0) is 21.4. The minimum absolute atomic E-state index is 0.00468. The first-order chi connectivity index (χ1) is 15.1. The van der Waals surface area contributed by atoms with Crippen molar-refractivity contribution in [3.05, 3.63) is 76.5 Å². The van der Waals surface area contributed by atoms with E-state index in [9.17, 15) is 9.59 Å². The zero-order valence-corrected chi connectivity index (χ0v) is 17.0. The highest BCUT2D eigenvalue weighted by Gasteiger charge is 2.16. The molecule has 8 nitrogen and oxygen atoms in total. The minimum Gasteiger partial charge on any atom is -0.457 e. The summed E-state index contributed by atoms with van der Waals surface area (Å²) in [4.78, 5) is 28.1. The van der Waals surface area contributed by atoms with Crippen LogP contribution in [0.2, 0.25) is 0 Å². The second-order valence-electron chi connectivity index (χ2n) is 7.51. The van der Waals surface area contributed by atoms with E-state index in [-0.39, 0.29) is 18.1 Å². The molecule has 156 valence electrons. The molecule has 2 aromatic carbocycles. The van der Waals surface area contributed by atoms with Gasteiger partial charge in [-0.3, -0.25) is 18.6 Å². The third-order valence-corrected chi connectivity index (χ3v) is 5.56. The summed E-state index contributed by atoms with van der Waals surface area (Å²) >= 11 is 0. The molecule has 1 N–H and O–H groups in total. The molecule has 0 aliphatic carbocycles. The number of ether oxygens (including phenoxy) is 1. The summed E-state index contributed by atoms with van der Waals surface area (Å²) in [7, 11) is 1.65. The van der Waals surface area contributed by atoms with Gasteiger partial charge in [-0.2, -0.15) is 0 Å². The number of H-pyrrole nitrogens is 1. The Hall–Kier alpha value is -3.94. The van der Waals surface area contributed by atoms with Crippen molar-refractivity contribution in [2.24, 2.45) is 7.05 Å². The normalized spacial score (nSPS) is 11.5. The van der Waals surface area contributed by atoms with Gasteiger partial charge in [0.2, 0.25) is 5.78 Å². The number of para-hydroxylation sites is 2. The highest BCUT2D eigenvalue weighted by molar-refractivity contribution is 5.83. The van der Waals surface area contributed by atoms with Crippen molar-refractivity contribution >= 4 is 33.6 Å². The molecule has 0 spiro atoms. The number of aromatic nitrogens is 5. The molecule has 0 saturated heterocycles. The van der Waals surface area contributed by atoms with Crippen LogP contribution in [0.5, 0.6) is 0 Å². The van der Waals surface area contributed by atoms with Crippen LogP contribution in [-0.4, -0.2) is 30.1 Å². The van der Waals surface area contributed by atoms with Gasteiger partial charge in [0.1, 0.15) is 0 Å². The summed E-state index contributed by atoms with van der Waals surface area (Å²) in [6.45, 7) is -0.00468. The Morgan fingerprint density at radius 1 is 1.06 bits per heavy atom. The number of esters is 1. The van der Waals surface area contributed by atoms with Crippen LogP contribution in [0.1, 0.15) is 24.2 Å². The number of fused-ring (bicyclic) bond motifs is 4. The highest BCUT2D eigenvalue weighted by Crippen LogP contribution is 2.20. The maximum atomic E-state index is 12.5. The molecule has 8 heteroatoms. The molecule has 0 saturated carbocycles. The van der Waals surface area contributed by atoms with Gasteiger partial charge < -0.3 is 9.72 Å². The Labute approximate surface area is 177 Å². The monoisotopic (exact) mass is 415 g/mol. The summed E-state index contributed by atoms with van der Waals surface area (Å²) in [6, 6.07) is 15.4. The van der Waals surface area contributed by atoms with E-state index < -0.39 is 0 Å².